The Hall–Kier alpha value is -0.100. The van der Waals surface area contributed by atoms with Crippen LogP contribution in [0.25, 0.3) is 0 Å². The second-order valence-electron chi connectivity index (χ2n) is 1.54. The van der Waals surface area contributed by atoms with E-state index >= 15 is 0 Å². The van der Waals surface area contributed by atoms with Crippen molar-refractivity contribution in [2.24, 2.45) is 4.99 Å². The van der Waals surface area contributed by atoms with E-state index in [9.17, 15) is 14.7 Å². The molecule has 0 spiro atoms. The number of nitrogens with one attached hydrogen (secondary N) is 1. The van der Waals surface area contributed by atoms with Gasteiger partial charge in [0.2, 0.25) is 5.91 Å². The number of hydrogen-bond acceptors (Lipinski definition) is 3. The molecule has 56 valence electrons. The summed E-state index contributed by atoms with van der Waals surface area (Å²) >= 11 is 0. The topological polar surface area (TPSA) is 81.6 Å². The predicted octanol–water partition coefficient (Wildman–Crippen LogP) is -4.19. The Morgan fingerprint density at radius 3 is 2.36 bits per heavy atom. The monoisotopic (exact) mass is 186 g/mol. The van der Waals surface area contributed by atoms with Crippen molar-refractivity contribution in [3.8, 4) is 0 Å². The number of carbonyl (C=O) groups excluding carboxylic acids is 2. The normalized spacial score (nSPS) is 15.5. The summed E-state index contributed by atoms with van der Waals surface area (Å²) in [6, 6.07) is -0.865. The largest absolute Gasteiger partial charge is 1.00 e. The number of amides is 3. The predicted molar refractivity (Wildman–Crippen MR) is 32.8 cm³/mol. The third-order valence-corrected chi connectivity index (χ3v) is 0.784. The Balaban J connectivity index is 0. The summed E-state index contributed by atoms with van der Waals surface area (Å²) < 4.78 is 0. The summed E-state index contributed by atoms with van der Waals surface area (Å²) in [7, 11) is 0. The number of halogens is 1. The molecule has 7 heteroatoms. The molecule has 11 heavy (non-hydrogen) atoms. The van der Waals surface area contributed by atoms with E-state index in [4.69, 9.17) is 0 Å². The van der Waals surface area contributed by atoms with Crippen molar-refractivity contribution in [1.82, 2.24) is 5.32 Å². The smallest absolute Gasteiger partial charge is 0.861 e. The molecule has 0 saturated heterocycles. The van der Waals surface area contributed by atoms with E-state index in [-0.39, 0.29) is 48.4 Å². The SMILES string of the molecule is Cl.O=C1CC([O-])=NC(=O)N1.[Na+]. The van der Waals surface area contributed by atoms with Gasteiger partial charge in [0.1, 0.15) is 0 Å². The molecular weight excluding hydrogens is 182 g/mol. The van der Waals surface area contributed by atoms with E-state index in [2.05, 4.69) is 4.99 Å². The summed E-state index contributed by atoms with van der Waals surface area (Å²) in [4.78, 5) is 23.4. The van der Waals surface area contributed by atoms with Crippen LogP contribution < -0.4 is 40.0 Å². The summed E-state index contributed by atoms with van der Waals surface area (Å²) in [5.74, 6) is -1.26. The van der Waals surface area contributed by atoms with Gasteiger partial charge in [-0.25, -0.2) is 9.79 Å². The maximum absolute atomic E-state index is 10.3. The van der Waals surface area contributed by atoms with Crippen LogP contribution in [0.4, 0.5) is 4.79 Å². The first-order valence-electron chi connectivity index (χ1n) is 2.27. The van der Waals surface area contributed by atoms with Crippen molar-refractivity contribution >= 4 is 30.2 Å². The molecule has 1 aliphatic heterocycles. The molecule has 0 unspecified atom stereocenters. The quantitative estimate of drug-likeness (QED) is 0.390. The molecule has 0 atom stereocenters. The van der Waals surface area contributed by atoms with E-state index in [0.717, 1.165) is 0 Å². The van der Waals surface area contributed by atoms with Crippen LogP contribution >= 0.6 is 12.4 Å². The fourth-order valence-electron chi connectivity index (χ4n) is 0.482. The average Bonchev–Trinajstić information content (AvgIpc) is 1.59. The summed E-state index contributed by atoms with van der Waals surface area (Å²) in [6.07, 6.45) is -0.314. The van der Waals surface area contributed by atoms with Crippen molar-refractivity contribution in [1.29, 1.82) is 0 Å². The first kappa shape index (κ1) is 13.5. The van der Waals surface area contributed by atoms with Crippen molar-refractivity contribution in [2.45, 2.75) is 6.42 Å². The molecule has 1 rings (SSSR count). The molecule has 0 radical (unpaired) electrons. The van der Waals surface area contributed by atoms with Gasteiger partial charge in [-0.2, -0.15) is 0 Å². The average molecular weight is 187 g/mol. The van der Waals surface area contributed by atoms with Gasteiger partial charge in [-0.15, -0.1) is 12.4 Å². The number of nitrogens with zero attached hydrogens (tertiary/aromatic N) is 1. The Labute approximate surface area is 91.0 Å². The maximum atomic E-state index is 10.3. The molecule has 0 aromatic rings. The minimum absolute atomic E-state index is 0. The molecule has 0 aromatic carbocycles. The number of carbonyl (C=O) groups is 2. The molecule has 0 bridgehead atoms. The zero-order valence-corrected chi connectivity index (χ0v) is 8.60. The van der Waals surface area contributed by atoms with Gasteiger partial charge >= 0.3 is 35.6 Å². The third kappa shape index (κ3) is 4.36. The molecule has 1 heterocycles. The minimum atomic E-state index is -0.865. The van der Waals surface area contributed by atoms with Crippen LogP contribution in [0.1, 0.15) is 6.42 Å². The Morgan fingerprint density at radius 1 is 1.45 bits per heavy atom. The van der Waals surface area contributed by atoms with Gasteiger partial charge in [0.25, 0.3) is 0 Å². The summed E-state index contributed by atoms with van der Waals surface area (Å²) in [5, 5.41) is 12.1. The van der Waals surface area contributed by atoms with E-state index in [1.807, 2.05) is 5.32 Å². The zero-order valence-electron chi connectivity index (χ0n) is 5.79. The van der Waals surface area contributed by atoms with Crippen LogP contribution in [0.2, 0.25) is 0 Å². The number of aliphatic imine (C=N–C) groups is 1. The minimum Gasteiger partial charge on any atom is -0.861 e. The van der Waals surface area contributed by atoms with Crippen LogP contribution in [0.5, 0.6) is 0 Å². The Morgan fingerprint density at radius 2 is 2.00 bits per heavy atom. The van der Waals surface area contributed by atoms with Crippen molar-refractivity contribution < 1.29 is 44.3 Å². The fourth-order valence-corrected chi connectivity index (χ4v) is 0.482. The van der Waals surface area contributed by atoms with Gasteiger partial charge in [0.15, 0.2) is 0 Å². The molecule has 5 nitrogen and oxygen atoms in total. The summed E-state index contributed by atoms with van der Waals surface area (Å²) in [5.41, 5.74) is 0. The third-order valence-electron chi connectivity index (χ3n) is 0.784. The van der Waals surface area contributed by atoms with Crippen LogP contribution in [-0.2, 0) is 4.79 Å². The van der Waals surface area contributed by atoms with Gasteiger partial charge in [0, 0.05) is 0 Å². The van der Waals surface area contributed by atoms with Gasteiger partial charge in [-0.1, -0.05) is 0 Å². The van der Waals surface area contributed by atoms with E-state index in [1.165, 1.54) is 0 Å². The molecule has 0 fully saturated rings. The molecular formula is C4H4ClN2NaO3. The molecule has 3 amide bonds. The first-order chi connectivity index (χ1) is 4.18. The van der Waals surface area contributed by atoms with E-state index in [1.54, 1.807) is 0 Å². The first-order valence-corrected chi connectivity index (χ1v) is 2.27. The second-order valence-corrected chi connectivity index (χ2v) is 1.54. The van der Waals surface area contributed by atoms with E-state index in [0.29, 0.717) is 0 Å². The Kier molecular flexibility index (Phi) is 6.79. The van der Waals surface area contributed by atoms with Gasteiger partial charge in [-0.05, 0) is 5.90 Å². The van der Waals surface area contributed by atoms with Crippen molar-refractivity contribution in [3.63, 3.8) is 0 Å². The molecule has 0 saturated carbocycles. The van der Waals surface area contributed by atoms with Gasteiger partial charge in [-0.3, -0.25) is 10.1 Å². The number of imide groups is 1. The molecule has 1 aliphatic rings. The standard InChI is InChI=1S/C4H4N2O3.ClH.Na/c7-2-1-3(8)6-4(9)5-2;;/h1H2,(H2,5,6,7,8,9);1H;/q;;+1/p-1. The van der Waals surface area contributed by atoms with Crippen molar-refractivity contribution in [3.05, 3.63) is 0 Å². The van der Waals surface area contributed by atoms with Crippen LogP contribution in [0.3, 0.4) is 0 Å². The second kappa shape index (κ2) is 5.54. The zero-order chi connectivity index (χ0) is 6.85. The Bertz CT molecular complexity index is 206. The van der Waals surface area contributed by atoms with Gasteiger partial charge in [0.05, 0.1) is 6.42 Å². The van der Waals surface area contributed by atoms with Crippen LogP contribution in [-0.4, -0.2) is 17.8 Å². The number of hydrogen-bond donors (Lipinski definition) is 1. The maximum Gasteiger partial charge on any atom is 1.00 e. The van der Waals surface area contributed by atoms with E-state index < -0.39 is 17.8 Å². The molecule has 1 N–H and O–H groups in total. The molecule has 0 aromatic heterocycles. The fraction of sp³-hybridized carbons (Fsp3) is 0.250. The van der Waals surface area contributed by atoms with Gasteiger partial charge < -0.3 is 5.11 Å². The van der Waals surface area contributed by atoms with Crippen molar-refractivity contribution in [2.75, 3.05) is 0 Å². The number of rotatable bonds is 0. The molecule has 0 aliphatic carbocycles. The number of urea groups is 1. The van der Waals surface area contributed by atoms with Crippen LogP contribution in [0, 0.1) is 0 Å². The van der Waals surface area contributed by atoms with Crippen LogP contribution in [0.15, 0.2) is 4.99 Å². The summed E-state index contributed by atoms with van der Waals surface area (Å²) in [6.45, 7) is 0.